The number of methoxy groups -OCH3 is 1. The quantitative estimate of drug-likeness (QED) is 0.483. The van der Waals surface area contributed by atoms with Crippen LogP contribution in [0.2, 0.25) is 0 Å². The summed E-state index contributed by atoms with van der Waals surface area (Å²) in [5, 5.41) is 4.04. The van der Waals surface area contributed by atoms with Crippen LogP contribution in [0.15, 0.2) is 79.0 Å². The molecule has 0 atom stereocenters. The smallest absolute Gasteiger partial charge is 0.356 e. The lowest BCUT2D eigenvalue weighted by molar-refractivity contribution is 0.0594. The maximum absolute atomic E-state index is 12.2. The van der Waals surface area contributed by atoms with Crippen molar-refractivity contribution in [3.05, 3.63) is 90.3 Å². The van der Waals surface area contributed by atoms with Crippen LogP contribution >= 0.6 is 0 Å². The fourth-order valence-corrected chi connectivity index (χ4v) is 2.96. The lowest BCUT2D eigenvalue weighted by Crippen LogP contribution is -2.07. The number of nitrogens with one attached hydrogen (secondary N) is 1. The first-order valence-corrected chi connectivity index (χ1v) is 9.11. The largest absolute Gasteiger partial charge is 0.488 e. The Labute approximate surface area is 168 Å². The first-order chi connectivity index (χ1) is 14.2. The molecule has 144 valence electrons. The minimum absolute atomic E-state index is 0.179. The zero-order chi connectivity index (χ0) is 20.1. The van der Waals surface area contributed by atoms with Gasteiger partial charge in [0.15, 0.2) is 5.69 Å². The van der Waals surface area contributed by atoms with Crippen LogP contribution in [-0.2, 0) is 11.3 Å². The van der Waals surface area contributed by atoms with Crippen LogP contribution in [-0.4, -0.2) is 23.0 Å². The predicted octanol–water partition coefficient (Wildman–Crippen LogP) is 4.74. The summed E-state index contributed by atoms with van der Waals surface area (Å²) < 4.78 is 10.9. The van der Waals surface area contributed by atoms with Crippen molar-refractivity contribution < 1.29 is 14.3 Å². The molecular weight excluding hydrogens is 366 g/mol. The van der Waals surface area contributed by atoms with Crippen molar-refractivity contribution in [3.8, 4) is 5.75 Å². The van der Waals surface area contributed by atoms with E-state index in [1.54, 1.807) is 12.3 Å². The molecule has 0 aliphatic heterocycles. The lowest BCUT2D eigenvalue weighted by Gasteiger charge is -2.14. The summed E-state index contributed by atoms with van der Waals surface area (Å²) in [6.45, 7) is 0.373. The number of benzene rings is 2. The van der Waals surface area contributed by atoms with Gasteiger partial charge in [0, 0.05) is 17.6 Å². The van der Waals surface area contributed by atoms with Gasteiger partial charge in [0.25, 0.3) is 0 Å². The van der Waals surface area contributed by atoms with E-state index in [1.165, 1.54) is 7.11 Å². The maximum Gasteiger partial charge on any atom is 0.356 e. The minimum atomic E-state index is -0.524. The molecule has 0 amide bonds. The molecule has 4 aromatic rings. The van der Waals surface area contributed by atoms with Crippen molar-refractivity contribution >= 4 is 28.4 Å². The molecule has 4 rings (SSSR count). The van der Waals surface area contributed by atoms with Gasteiger partial charge in [-0.25, -0.2) is 14.8 Å². The number of rotatable bonds is 6. The molecule has 2 aromatic heterocycles. The number of carbonyl (C=O) groups is 1. The molecule has 0 aliphatic rings. The van der Waals surface area contributed by atoms with Gasteiger partial charge in [0.1, 0.15) is 18.2 Å². The molecule has 0 aliphatic carbocycles. The number of nitrogens with zero attached hydrogens (tertiary/aromatic N) is 2. The second-order valence-electron chi connectivity index (χ2n) is 6.31. The third kappa shape index (κ3) is 4.16. The number of aromatic nitrogens is 2. The molecule has 0 saturated heterocycles. The monoisotopic (exact) mass is 385 g/mol. The number of hydrogen-bond acceptors (Lipinski definition) is 6. The number of fused-ring (bicyclic) bond motifs is 1. The maximum atomic E-state index is 12.2. The topological polar surface area (TPSA) is 73.3 Å². The first kappa shape index (κ1) is 18.4. The summed E-state index contributed by atoms with van der Waals surface area (Å²) >= 11 is 0. The fourth-order valence-electron chi connectivity index (χ4n) is 2.96. The van der Waals surface area contributed by atoms with Gasteiger partial charge in [-0.3, -0.25) is 0 Å². The van der Waals surface area contributed by atoms with E-state index in [-0.39, 0.29) is 5.69 Å². The van der Waals surface area contributed by atoms with Gasteiger partial charge in [0.05, 0.1) is 18.3 Å². The molecule has 0 fully saturated rings. The van der Waals surface area contributed by atoms with Gasteiger partial charge in [-0.2, -0.15) is 0 Å². The fraction of sp³-hybridized carbons (Fsp3) is 0.0870. The predicted molar refractivity (Wildman–Crippen MR) is 111 cm³/mol. The number of para-hydroxylation sites is 1. The number of pyridine rings is 2. The zero-order valence-electron chi connectivity index (χ0n) is 15.8. The average molecular weight is 385 g/mol. The molecule has 2 aromatic carbocycles. The summed E-state index contributed by atoms with van der Waals surface area (Å²) in [6, 6.07) is 22.7. The highest BCUT2D eigenvalue weighted by Crippen LogP contribution is 2.32. The van der Waals surface area contributed by atoms with Crippen molar-refractivity contribution in [1.82, 2.24) is 9.97 Å². The summed E-state index contributed by atoms with van der Waals surface area (Å²) in [5.74, 6) is 0.713. The number of anilines is 2. The van der Waals surface area contributed by atoms with Gasteiger partial charge in [-0.05, 0) is 29.8 Å². The number of carbonyl (C=O) groups excluding carboxylic acids is 1. The molecule has 6 heteroatoms. The Morgan fingerprint density at radius 1 is 1.00 bits per heavy atom. The van der Waals surface area contributed by atoms with E-state index < -0.39 is 5.97 Å². The molecule has 0 bridgehead atoms. The zero-order valence-corrected chi connectivity index (χ0v) is 15.8. The van der Waals surface area contributed by atoms with E-state index >= 15 is 0 Å². The minimum Gasteiger partial charge on any atom is -0.488 e. The Morgan fingerprint density at radius 2 is 1.83 bits per heavy atom. The van der Waals surface area contributed by atoms with E-state index in [2.05, 4.69) is 15.3 Å². The van der Waals surface area contributed by atoms with Gasteiger partial charge in [-0.1, -0.05) is 42.5 Å². The Hall–Kier alpha value is -3.93. The second kappa shape index (κ2) is 8.39. The SMILES string of the molecule is COC(=O)c1cc(OCc2ccccc2)c2cccc(Nc3ccccn3)c2n1. The number of hydrogen-bond donors (Lipinski definition) is 1. The Morgan fingerprint density at radius 3 is 2.59 bits per heavy atom. The van der Waals surface area contributed by atoms with Gasteiger partial charge in [-0.15, -0.1) is 0 Å². The van der Waals surface area contributed by atoms with E-state index in [4.69, 9.17) is 9.47 Å². The van der Waals surface area contributed by atoms with Crippen LogP contribution in [0.4, 0.5) is 11.5 Å². The molecular formula is C23H19N3O3. The standard InChI is InChI=1S/C23H19N3O3/c1-28-23(27)19-14-20(29-15-16-8-3-2-4-9-16)17-10-7-11-18(22(17)26-19)25-21-12-5-6-13-24-21/h2-14H,15H2,1H3,(H,24,25). The molecule has 0 saturated carbocycles. The molecule has 0 unspecified atom stereocenters. The Balaban J connectivity index is 1.77. The molecule has 0 spiro atoms. The molecule has 0 radical (unpaired) electrons. The average Bonchev–Trinajstić information content (AvgIpc) is 2.78. The summed E-state index contributed by atoms with van der Waals surface area (Å²) in [6.07, 6.45) is 1.70. The molecule has 2 heterocycles. The highest BCUT2D eigenvalue weighted by atomic mass is 16.5. The van der Waals surface area contributed by atoms with Crippen molar-refractivity contribution in [2.75, 3.05) is 12.4 Å². The van der Waals surface area contributed by atoms with Gasteiger partial charge >= 0.3 is 5.97 Å². The lowest BCUT2D eigenvalue weighted by atomic mass is 10.1. The molecule has 1 N–H and O–H groups in total. The highest BCUT2D eigenvalue weighted by molar-refractivity contribution is 5.99. The van der Waals surface area contributed by atoms with Crippen molar-refractivity contribution in [2.24, 2.45) is 0 Å². The first-order valence-electron chi connectivity index (χ1n) is 9.11. The van der Waals surface area contributed by atoms with E-state index in [0.29, 0.717) is 23.7 Å². The third-order valence-corrected chi connectivity index (χ3v) is 4.36. The third-order valence-electron chi connectivity index (χ3n) is 4.36. The summed E-state index contributed by atoms with van der Waals surface area (Å²) in [4.78, 5) is 21.0. The normalized spacial score (nSPS) is 10.5. The highest BCUT2D eigenvalue weighted by Gasteiger charge is 2.16. The van der Waals surface area contributed by atoms with Gasteiger partial charge in [0.2, 0.25) is 0 Å². The Kier molecular flexibility index (Phi) is 5.33. The number of ether oxygens (including phenoxy) is 2. The van der Waals surface area contributed by atoms with Crippen LogP contribution < -0.4 is 10.1 Å². The van der Waals surface area contributed by atoms with Crippen LogP contribution in [0.25, 0.3) is 10.9 Å². The van der Waals surface area contributed by atoms with E-state index in [9.17, 15) is 4.79 Å². The van der Waals surface area contributed by atoms with Crippen LogP contribution in [0, 0.1) is 0 Å². The van der Waals surface area contributed by atoms with E-state index in [0.717, 1.165) is 16.6 Å². The van der Waals surface area contributed by atoms with E-state index in [1.807, 2.05) is 66.7 Å². The summed E-state index contributed by atoms with van der Waals surface area (Å²) in [5.41, 5.74) is 2.53. The summed E-state index contributed by atoms with van der Waals surface area (Å²) in [7, 11) is 1.33. The van der Waals surface area contributed by atoms with Crippen LogP contribution in [0.3, 0.4) is 0 Å². The van der Waals surface area contributed by atoms with Gasteiger partial charge < -0.3 is 14.8 Å². The van der Waals surface area contributed by atoms with Crippen molar-refractivity contribution in [1.29, 1.82) is 0 Å². The number of esters is 1. The molecule has 6 nitrogen and oxygen atoms in total. The van der Waals surface area contributed by atoms with Crippen LogP contribution in [0.5, 0.6) is 5.75 Å². The van der Waals surface area contributed by atoms with Crippen molar-refractivity contribution in [3.63, 3.8) is 0 Å². The molecule has 29 heavy (non-hydrogen) atoms. The van der Waals surface area contributed by atoms with Crippen molar-refractivity contribution in [2.45, 2.75) is 6.61 Å². The van der Waals surface area contributed by atoms with Crippen LogP contribution in [0.1, 0.15) is 16.1 Å². The Bertz CT molecular complexity index is 1130. The second-order valence-corrected chi connectivity index (χ2v) is 6.31.